The summed E-state index contributed by atoms with van der Waals surface area (Å²) >= 11 is 0. The fourth-order valence-electron chi connectivity index (χ4n) is 1.98. The predicted molar refractivity (Wildman–Crippen MR) is 65.7 cm³/mol. The van der Waals surface area contributed by atoms with Crippen LogP contribution >= 0.6 is 0 Å². The minimum absolute atomic E-state index is 0.0839. The molecule has 1 aliphatic rings. The Balaban J connectivity index is 2.08. The molecule has 1 unspecified atom stereocenters. The van der Waals surface area contributed by atoms with Gasteiger partial charge in [-0.25, -0.2) is 0 Å². The Kier molecular flexibility index (Phi) is 3.79. The smallest absolute Gasteiger partial charge is 0.159 e. The average Bonchev–Trinajstić information content (AvgIpc) is 2.33. The van der Waals surface area contributed by atoms with Crippen LogP contribution < -0.4 is 4.74 Å². The zero-order valence-corrected chi connectivity index (χ0v) is 10.4. The van der Waals surface area contributed by atoms with Gasteiger partial charge in [0.2, 0.25) is 0 Å². The summed E-state index contributed by atoms with van der Waals surface area (Å²) in [5.41, 5.74) is 1.73. The van der Waals surface area contributed by atoms with Gasteiger partial charge in [0, 0.05) is 12.2 Å². The van der Waals surface area contributed by atoms with Crippen LogP contribution in [0.2, 0.25) is 0 Å². The molecule has 1 aromatic rings. The van der Waals surface area contributed by atoms with Gasteiger partial charge < -0.3 is 9.47 Å². The maximum atomic E-state index is 11.2. The van der Waals surface area contributed by atoms with E-state index in [-0.39, 0.29) is 11.9 Å². The van der Waals surface area contributed by atoms with Crippen molar-refractivity contribution in [3.8, 4) is 5.75 Å². The van der Waals surface area contributed by atoms with Gasteiger partial charge in [-0.2, -0.15) is 0 Å². The van der Waals surface area contributed by atoms with Crippen molar-refractivity contribution in [2.24, 2.45) is 0 Å². The number of Topliss-reactive ketones (excluding diaryl/α,β-unsaturated/α-hetero) is 1. The lowest BCUT2D eigenvalue weighted by atomic mass is 10.1. The van der Waals surface area contributed by atoms with Crippen LogP contribution in [0.4, 0.5) is 0 Å². The Bertz CT molecular complexity index is 406. The van der Waals surface area contributed by atoms with E-state index in [0.717, 1.165) is 36.3 Å². The van der Waals surface area contributed by atoms with Crippen molar-refractivity contribution in [2.45, 2.75) is 32.8 Å². The zero-order chi connectivity index (χ0) is 12.3. The lowest BCUT2D eigenvalue weighted by molar-refractivity contribution is 0.00715. The molecule has 92 valence electrons. The molecule has 0 spiro atoms. The second-order valence-corrected chi connectivity index (χ2v) is 4.49. The number of ketones is 1. The second kappa shape index (κ2) is 5.32. The van der Waals surface area contributed by atoms with Crippen LogP contribution in [-0.4, -0.2) is 25.1 Å². The summed E-state index contributed by atoms with van der Waals surface area (Å²) in [4.78, 5) is 11.2. The molecule has 3 heteroatoms. The molecule has 0 amide bonds. The van der Waals surface area contributed by atoms with Crippen LogP contribution in [0.1, 0.15) is 35.7 Å². The van der Waals surface area contributed by atoms with Crippen molar-refractivity contribution < 1.29 is 14.3 Å². The number of rotatable bonds is 3. The number of benzene rings is 1. The first kappa shape index (κ1) is 12.1. The topological polar surface area (TPSA) is 35.5 Å². The quantitative estimate of drug-likeness (QED) is 0.754. The Hall–Kier alpha value is -1.35. The average molecular weight is 234 g/mol. The van der Waals surface area contributed by atoms with Gasteiger partial charge in [0.25, 0.3) is 0 Å². The maximum Gasteiger partial charge on any atom is 0.159 e. The van der Waals surface area contributed by atoms with Crippen molar-refractivity contribution >= 4 is 5.78 Å². The van der Waals surface area contributed by atoms with Crippen molar-refractivity contribution in [1.29, 1.82) is 0 Å². The number of ether oxygens (including phenoxy) is 2. The molecule has 2 rings (SSSR count). The molecule has 0 aliphatic carbocycles. The van der Waals surface area contributed by atoms with Gasteiger partial charge in [-0.05, 0) is 50.5 Å². The molecule has 0 radical (unpaired) electrons. The summed E-state index contributed by atoms with van der Waals surface area (Å²) in [6.45, 7) is 5.03. The Morgan fingerprint density at radius 1 is 1.47 bits per heavy atom. The van der Waals surface area contributed by atoms with Crippen LogP contribution in [0.5, 0.6) is 5.75 Å². The van der Waals surface area contributed by atoms with Gasteiger partial charge in [0.1, 0.15) is 11.9 Å². The van der Waals surface area contributed by atoms with E-state index in [1.807, 2.05) is 25.1 Å². The molecular weight excluding hydrogens is 216 g/mol. The third kappa shape index (κ3) is 3.07. The van der Waals surface area contributed by atoms with Crippen molar-refractivity contribution in [2.75, 3.05) is 13.2 Å². The molecule has 0 N–H and O–H groups in total. The number of hydrogen-bond donors (Lipinski definition) is 0. The third-order valence-electron chi connectivity index (χ3n) is 2.99. The van der Waals surface area contributed by atoms with E-state index in [9.17, 15) is 4.79 Å². The SMILES string of the molecule is CC(=O)c1ccc(OC2CCCOC2)c(C)c1. The van der Waals surface area contributed by atoms with Gasteiger partial charge in [0.15, 0.2) is 5.78 Å². The molecule has 1 atom stereocenters. The highest BCUT2D eigenvalue weighted by molar-refractivity contribution is 5.94. The Morgan fingerprint density at radius 3 is 2.88 bits per heavy atom. The summed E-state index contributed by atoms with van der Waals surface area (Å²) in [7, 11) is 0. The molecule has 0 aromatic heterocycles. The highest BCUT2D eigenvalue weighted by Gasteiger charge is 2.16. The first-order valence-corrected chi connectivity index (χ1v) is 6.03. The molecule has 17 heavy (non-hydrogen) atoms. The molecule has 3 nitrogen and oxygen atoms in total. The zero-order valence-electron chi connectivity index (χ0n) is 10.4. The first-order chi connectivity index (χ1) is 8.16. The van der Waals surface area contributed by atoms with Crippen molar-refractivity contribution in [1.82, 2.24) is 0 Å². The van der Waals surface area contributed by atoms with E-state index < -0.39 is 0 Å². The molecule has 1 aliphatic heterocycles. The maximum absolute atomic E-state index is 11.2. The number of carbonyl (C=O) groups is 1. The summed E-state index contributed by atoms with van der Waals surface area (Å²) in [5, 5.41) is 0. The first-order valence-electron chi connectivity index (χ1n) is 6.03. The molecule has 1 fully saturated rings. The summed E-state index contributed by atoms with van der Waals surface area (Å²) in [5.74, 6) is 0.936. The van der Waals surface area contributed by atoms with E-state index in [2.05, 4.69) is 0 Å². The highest BCUT2D eigenvalue weighted by Crippen LogP contribution is 2.23. The fourth-order valence-corrected chi connectivity index (χ4v) is 1.98. The van der Waals surface area contributed by atoms with Crippen LogP contribution in [0.15, 0.2) is 18.2 Å². The largest absolute Gasteiger partial charge is 0.488 e. The monoisotopic (exact) mass is 234 g/mol. The molecule has 1 saturated heterocycles. The minimum atomic E-state index is 0.0839. The fraction of sp³-hybridized carbons (Fsp3) is 0.500. The summed E-state index contributed by atoms with van der Waals surface area (Å²) in [6.07, 6.45) is 2.23. The Labute approximate surface area is 102 Å². The third-order valence-corrected chi connectivity index (χ3v) is 2.99. The van der Waals surface area contributed by atoms with Crippen LogP contribution in [0.3, 0.4) is 0 Å². The van der Waals surface area contributed by atoms with Gasteiger partial charge in [-0.3, -0.25) is 4.79 Å². The van der Waals surface area contributed by atoms with E-state index in [1.165, 1.54) is 0 Å². The van der Waals surface area contributed by atoms with Crippen LogP contribution in [0.25, 0.3) is 0 Å². The van der Waals surface area contributed by atoms with Gasteiger partial charge in [0.05, 0.1) is 6.61 Å². The molecule has 1 aromatic carbocycles. The summed E-state index contributed by atoms with van der Waals surface area (Å²) < 4.78 is 11.3. The number of aryl methyl sites for hydroxylation is 1. The molecule has 0 saturated carbocycles. The second-order valence-electron chi connectivity index (χ2n) is 4.49. The lowest BCUT2D eigenvalue weighted by Gasteiger charge is -2.24. The van der Waals surface area contributed by atoms with E-state index in [0.29, 0.717) is 6.61 Å². The van der Waals surface area contributed by atoms with Crippen LogP contribution in [0, 0.1) is 6.92 Å². The van der Waals surface area contributed by atoms with E-state index >= 15 is 0 Å². The van der Waals surface area contributed by atoms with Gasteiger partial charge in [-0.15, -0.1) is 0 Å². The standard InChI is InChI=1S/C14H18O3/c1-10-8-12(11(2)15)5-6-14(10)17-13-4-3-7-16-9-13/h5-6,8,13H,3-4,7,9H2,1-2H3. The molecule has 0 bridgehead atoms. The van der Waals surface area contributed by atoms with Crippen LogP contribution in [-0.2, 0) is 4.74 Å². The van der Waals surface area contributed by atoms with E-state index in [4.69, 9.17) is 9.47 Å². The number of hydrogen-bond acceptors (Lipinski definition) is 3. The highest BCUT2D eigenvalue weighted by atomic mass is 16.5. The predicted octanol–water partition coefficient (Wildman–Crippen LogP) is 2.76. The van der Waals surface area contributed by atoms with Gasteiger partial charge in [-0.1, -0.05) is 0 Å². The van der Waals surface area contributed by atoms with Crippen molar-refractivity contribution in [3.63, 3.8) is 0 Å². The molecule has 1 heterocycles. The summed E-state index contributed by atoms with van der Waals surface area (Å²) in [6, 6.07) is 5.57. The van der Waals surface area contributed by atoms with E-state index in [1.54, 1.807) is 6.92 Å². The molecular formula is C14H18O3. The lowest BCUT2D eigenvalue weighted by Crippen LogP contribution is -2.28. The number of carbonyl (C=O) groups excluding carboxylic acids is 1. The Morgan fingerprint density at radius 2 is 2.29 bits per heavy atom. The normalized spacial score (nSPS) is 20.0. The minimum Gasteiger partial charge on any atom is -0.488 e. The van der Waals surface area contributed by atoms with Gasteiger partial charge >= 0.3 is 0 Å². The van der Waals surface area contributed by atoms with Crippen molar-refractivity contribution in [3.05, 3.63) is 29.3 Å².